The Morgan fingerprint density at radius 3 is 2.76 bits per heavy atom. The Kier molecular flexibility index (Phi) is 3.47. The fourth-order valence-electron chi connectivity index (χ4n) is 2.04. The highest BCUT2D eigenvalue weighted by Gasteiger charge is 2.22. The molecule has 0 aromatic heterocycles. The highest BCUT2D eigenvalue weighted by molar-refractivity contribution is 5.97. The number of benzene rings is 1. The molecule has 1 fully saturated rings. The number of ketones is 1. The van der Waals surface area contributed by atoms with Gasteiger partial charge in [-0.15, -0.1) is 0 Å². The van der Waals surface area contributed by atoms with Crippen molar-refractivity contribution >= 4 is 11.5 Å². The van der Waals surface area contributed by atoms with Gasteiger partial charge in [-0.1, -0.05) is 6.92 Å². The fourth-order valence-corrected chi connectivity index (χ4v) is 2.04. The largest absolute Gasteiger partial charge is 0.508 e. The van der Waals surface area contributed by atoms with Crippen molar-refractivity contribution in [1.29, 1.82) is 0 Å². The van der Waals surface area contributed by atoms with Gasteiger partial charge in [0.2, 0.25) is 0 Å². The van der Waals surface area contributed by atoms with E-state index in [9.17, 15) is 4.79 Å². The van der Waals surface area contributed by atoms with Crippen LogP contribution < -0.4 is 5.32 Å². The van der Waals surface area contributed by atoms with Gasteiger partial charge in [-0.2, -0.15) is 0 Å². The molecule has 3 nitrogen and oxygen atoms in total. The Morgan fingerprint density at radius 1 is 1.35 bits per heavy atom. The molecule has 3 heteroatoms. The Bertz CT molecular complexity index is 434. The summed E-state index contributed by atoms with van der Waals surface area (Å²) in [5, 5.41) is 12.3. The smallest absolute Gasteiger partial charge is 0.163 e. The number of phenolic OH excluding ortho intramolecular Hbond substituents is 1. The van der Waals surface area contributed by atoms with E-state index in [0.29, 0.717) is 0 Å². The van der Waals surface area contributed by atoms with E-state index in [0.717, 1.165) is 30.5 Å². The average molecular weight is 231 g/mol. The Hall–Kier alpha value is -1.77. The molecule has 0 radical (unpaired) electrons. The number of anilines is 1. The molecule has 0 aliphatic heterocycles. The lowest BCUT2D eigenvalue weighted by Gasteiger charge is -2.19. The Labute approximate surface area is 101 Å². The van der Waals surface area contributed by atoms with Gasteiger partial charge in [0.05, 0.1) is 0 Å². The summed E-state index contributed by atoms with van der Waals surface area (Å²) in [7, 11) is 0. The van der Waals surface area contributed by atoms with Crippen molar-refractivity contribution in [2.45, 2.75) is 26.2 Å². The summed E-state index contributed by atoms with van der Waals surface area (Å²) < 4.78 is 0. The second-order valence-corrected chi connectivity index (χ2v) is 4.52. The van der Waals surface area contributed by atoms with E-state index in [4.69, 9.17) is 5.11 Å². The van der Waals surface area contributed by atoms with Crippen LogP contribution in [0.15, 0.2) is 36.0 Å². The van der Waals surface area contributed by atoms with Crippen LogP contribution in [0, 0.1) is 5.92 Å². The van der Waals surface area contributed by atoms with E-state index in [2.05, 4.69) is 5.32 Å². The zero-order valence-corrected chi connectivity index (χ0v) is 9.94. The fraction of sp³-hybridized carbons (Fsp3) is 0.357. The quantitative estimate of drug-likeness (QED) is 0.607. The first kappa shape index (κ1) is 11.7. The minimum atomic E-state index is 0.150. The van der Waals surface area contributed by atoms with Crippen LogP contribution in [-0.2, 0) is 4.79 Å². The van der Waals surface area contributed by atoms with Crippen LogP contribution in [0.2, 0.25) is 0 Å². The molecule has 1 saturated carbocycles. The monoisotopic (exact) mass is 231 g/mol. The lowest BCUT2D eigenvalue weighted by Crippen LogP contribution is -2.19. The van der Waals surface area contributed by atoms with Crippen LogP contribution in [0.25, 0.3) is 0 Å². The van der Waals surface area contributed by atoms with Gasteiger partial charge in [-0.05, 0) is 43.5 Å². The summed E-state index contributed by atoms with van der Waals surface area (Å²) in [4.78, 5) is 11.9. The lowest BCUT2D eigenvalue weighted by molar-refractivity contribution is -0.119. The number of aromatic hydroxyl groups is 1. The molecule has 0 unspecified atom stereocenters. The minimum absolute atomic E-state index is 0.150. The lowest BCUT2D eigenvalue weighted by atomic mass is 9.86. The third-order valence-electron chi connectivity index (χ3n) is 3.13. The SMILES string of the molecule is C[C@H]1CCC/C(=C/Nc2ccc(O)cc2)C1=O. The van der Waals surface area contributed by atoms with Crippen LogP contribution in [0.3, 0.4) is 0 Å². The molecule has 1 atom stereocenters. The van der Waals surface area contributed by atoms with Gasteiger partial charge in [-0.25, -0.2) is 0 Å². The summed E-state index contributed by atoms with van der Waals surface area (Å²) >= 11 is 0. The van der Waals surface area contributed by atoms with Crippen LogP contribution in [0.5, 0.6) is 5.75 Å². The summed E-state index contributed by atoms with van der Waals surface area (Å²) in [6.45, 7) is 1.98. The Balaban J connectivity index is 2.04. The predicted molar refractivity (Wildman–Crippen MR) is 67.8 cm³/mol. The van der Waals surface area contributed by atoms with Crippen LogP contribution in [0.1, 0.15) is 26.2 Å². The number of rotatable bonds is 2. The number of carbonyl (C=O) groups is 1. The van der Waals surface area contributed by atoms with E-state index in [1.54, 1.807) is 30.5 Å². The molecule has 2 rings (SSSR count). The predicted octanol–water partition coefficient (Wildman–Crippen LogP) is 3.08. The third-order valence-corrected chi connectivity index (χ3v) is 3.13. The molecule has 0 saturated heterocycles. The molecule has 2 N–H and O–H groups in total. The molecule has 17 heavy (non-hydrogen) atoms. The molecular weight excluding hydrogens is 214 g/mol. The second-order valence-electron chi connectivity index (χ2n) is 4.52. The minimum Gasteiger partial charge on any atom is -0.508 e. The number of carbonyl (C=O) groups excluding carboxylic acids is 1. The zero-order valence-electron chi connectivity index (χ0n) is 9.94. The number of Topliss-reactive ketones (excluding diaryl/α,β-unsaturated/α-hetero) is 1. The molecule has 1 aromatic rings. The molecule has 90 valence electrons. The van der Waals surface area contributed by atoms with Crippen molar-refractivity contribution in [1.82, 2.24) is 0 Å². The molecule has 1 aromatic carbocycles. The van der Waals surface area contributed by atoms with E-state index < -0.39 is 0 Å². The number of phenols is 1. The summed E-state index contributed by atoms with van der Waals surface area (Å²) in [5.74, 6) is 0.643. The van der Waals surface area contributed by atoms with Crippen LogP contribution in [0.4, 0.5) is 5.69 Å². The molecular formula is C14H17NO2. The number of allylic oxidation sites excluding steroid dienone is 1. The topological polar surface area (TPSA) is 49.3 Å². The van der Waals surface area contributed by atoms with Gasteiger partial charge in [0.25, 0.3) is 0 Å². The van der Waals surface area contributed by atoms with E-state index in [-0.39, 0.29) is 17.5 Å². The molecule has 0 spiro atoms. The van der Waals surface area contributed by atoms with E-state index in [1.807, 2.05) is 6.92 Å². The highest BCUT2D eigenvalue weighted by atomic mass is 16.3. The normalized spacial score (nSPS) is 22.8. The first-order valence-corrected chi connectivity index (χ1v) is 5.95. The molecule has 1 aliphatic carbocycles. The standard InChI is InChI=1S/C14H17NO2/c1-10-3-2-4-11(14(10)17)9-15-12-5-7-13(16)8-6-12/h5-10,15-16H,2-4H2,1H3/b11-9-/t10-/m0/s1. The van der Waals surface area contributed by atoms with Gasteiger partial charge in [-0.3, -0.25) is 4.79 Å². The van der Waals surface area contributed by atoms with Crippen molar-refractivity contribution in [3.8, 4) is 5.75 Å². The molecule has 1 aliphatic rings. The Morgan fingerprint density at radius 2 is 2.06 bits per heavy atom. The van der Waals surface area contributed by atoms with Gasteiger partial charge in [0, 0.05) is 23.4 Å². The molecule has 0 bridgehead atoms. The van der Waals surface area contributed by atoms with Crippen molar-refractivity contribution in [3.05, 3.63) is 36.0 Å². The average Bonchev–Trinajstić information content (AvgIpc) is 2.33. The van der Waals surface area contributed by atoms with Gasteiger partial charge in [0.15, 0.2) is 5.78 Å². The third kappa shape index (κ3) is 2.87. The maximum atomic E-state index is 11.9. The van der Waals surface area contributed by atoms with Crippen molar-refractivity contribution in [2.24, 2.45) is 5.92 Å². The highest BCUT2D eigenvalue weighted by Crippen LogP contribution is 2.25. The summed E-state index contributed by atoms with van der Waals surface area (Å²) in [6, 6.07) is 6.80. The van der Waals surface area contributed by atoms with E-state index >= 15 is 0 Å². The van der Waals surface area contributed by atoms with E-state index in [1.165, 1.54) is 0 Å². The number of hydrogen-bond donors (Lipinski definition) is 2. The van der Waals surface area contributed by atoms with Gasteiger partial charge < -0.3 is 10.4 Å². The maximum absolute atomic E-state index is 11.9. The first-order chi connectivity index (χ1) is 8.16. The first-order valence-electron chi connectivity index (χ1n) is 5.95. The van der Waals surface area contributed by atoms with Crippen LogP contribution in [-0.4, -0.2) is 10.9 Å². The summed E-state index contributed by atoms with van der Waals surface area (Å²) in [5.41, 5.74) is 1.75. The maximum Gasteiger partial charge on any atom is 0.163 e. The van der Waals surface area contributed by atoms with Gasteiger partial charge in [0.1, 0.15) is 5.75 Å². The number of hydrogen-bond acceptors (Lipinski definition) is 3. The zero-order chi connectivity index (χ0) is 12.3. The second kappa shape index (κ2) is 5.04. The van der Waals surface area contributed by atoms with Gasteiger partial charge >= 0.3 is 0 Å². The summed E-state index contributed by atoms with van der Waals surface area (Å²) in [6.07, 6.45) is 4.73. The van der Waals surface area contributed by atoms with Crippen molar-refractivity contribution in [2.75, 3.05) is 5.32 Å². The molecule has 0 amide bonds. The van der Waals surface area contributed by atoms with Crippen LogP contribution >= 0.6 is 0 Å². The molecule has 0 heterocycles. The van der Waals surface area contributed by atoms with Crippen molar-refractivity contribution < 1.29 is 9.90 Å². The van der Waals surface area contributed by atoms with Crippen molar-refractivity contribution in [3.63, 3.8) is 0 Å². The number of nitrogens with one attached hydrogen (secondary N) is 1.